The molecule has 0 spiro atoms. The average molecular weight is 316 g/mol. The lowest BCUT2D eigenvalue weighted by Gasteiger charge is -2.33. The molecule has 21 heavy (non-hydrogen) atoms. The van der Waals surface area contributed by atoms with Crippen LogP contribution in [0.15, 0.2) is 0 Å². The summed E-state index contributed by atoms with van der Waals surface area (Å²) in [6.07, 6.45) is 3.96. The summed E-state index contributed by atoms with van der Waals surface area (Å²) in [5.74, 6) is 1.24. The number of rotatable bonds is 5. The van der Waals surface area contributed by atoms with E-state index in [9.17, 15) is 8.42 Å². The van der Waals surface area contributed by atoms with Crippen LogP contribution in [-0.4, -0.2) is 68.3 Å². The monoisotopic (exact) mass is 316 g/mol. The summed E-state index contributed by atoms with van der Waals surface area (Å²) in [5.41, 5.74) is 0. The van der Waals surface area contributed by atoms with Gasteiger partial charge in [0.2, 0.25) is 10.0 Å². The molecule has 0 saturated carbocycles. The molecule has 0 radical (unpaired) electrons. The zero-order chi connectivity index (χ0) is 15.0. The Morgan fingerprint density at radius 1 is 1.19 bits per heavy atom. The number of sulfonamides is 1. The van der Waals surface area contributed by atoms with Crippen LogP contribution < -0.4 is 0 Å². The van der Waals surface area contributed by atoms with Gasteiger partial charge in [-0.25, -0.2) is 12.7 Å². The first-order valence-corrected chi connectivity index (χ1v) is 9.92. The molecular weight excluding hydrogens is 288 g/mol. The predicted molar refractivity (Wildman–Crippen MR) is 82.6 cm³/mol. The van der Waals surface area contributed by atoms with Crippen molar-refractivity contribution in [3.8, 4) is 0 Å². The summed E-state index contributed by atoms with van der Waals surface area (Å²) in [6, 6.07) is 0.635. The van der Waals surface area contributed by atoms with Crippen LogP contribution in [0.5, 0.6) is 0 Å². The Balaban J connectivity index is 1.57. The van der Waals surface area contributed by atoms with E-state index in [4.69, 9.17) is 4.74 Å². The Morgan fingerprint density at radius 2 is 2.00 bits per heavy atom. The van der Waals surface area contributed by atoms with E-state index in [-0.39, 0.29) is 11.9 Å². The smallest absolute Gasteiger partial charge is 0.216 e. The van der Waals surface area contributed by atoms with Crippen LogP contribution in [0.2, 0.25) is 0 Å². The van der Waals surface area contributed by atoms with E-state index in [0.717, 1.165) is 19.6 Å². The molecule has 0 N–H and O–H groups in total. The molecule has 0 aromatic rings. The molecule has 3 heterocycles. The molecular formula is C15H28N2O3S. The maximum absolute atomic E-state index is 12.4. The number of piperidine rings is 1. The number of fused-ring (bicyclic) bond motifs is 3. The summed E-state index contributed by atoms with van der Waals surface area (Å²) >= 11 is 0. The maximum Gasteiger partial charge on any atom is 0.216 e. The topological polar surface area (TPSA) is 49.9 Å². The number of hydrogen-bond donors (Lipinski definition) is 0. The van der Waals surface area contributed by atoms with Crippen LogP contribution in [0.1, 0.15) is 33.1 Å². The average Bonchev–Trinajstić information content (AvgIpc) is 2.95. The molecule has 5 nitrogen and oxygen atoms in total. The maximum atomic E-state index is 12.4. The van der Waals surface area contributed by atoms with Crippen LogP contribution in [-0.2, 0) is 14.8 Å². The van der Waals surface area contributed by atoms with Crippen LogP contribution in [0.4, 0.5) is 0 Å². The highest BCUT2D eigenvalue weighted by Gasteiger charge is 2.49. The van der Waals surface area contributed by atoms with Crippen molar-refractivity contribution in [2.24, 2.45) is 11.8 Å². The van der Waals surface area contributed by atoms with Crippen molar-refractivity contribution in [3.05, 3.63) is 0 Å². The lowest BCUT2D eigenvalue weighted by Crippen LogP contribution is -2.41. The second-order valence-corrected chi connectivity index (χ2v) is 9.12. The molecule has 122 valence electrons. The Labute approximate surface area is 128 Å². The van der Waals surface area contributed by atoms with Gasteiger partial charge in [0.1, 0.15) is 0 Å². The van der Waals surface area contributed by atoms with Crippen LogP contribution >= 0.6 is 0 Å². The molecule has 0 amide bonds. The lowest BCUT2D eigenvalue weighted by molar-refractivity contribution is 0.0906. The van der Waals surface area contributed by atoms with Gasteiger partial charge in [-0.3, -0.25) is 4.90 Å². The van der Waals surface area contributed by atoms with Crippen molar-refractivity contribution >= 4 is 10.0 Å². The van der Waals surface area contributed by atoms with Crippen molar-refractivity contribution < 1.29 is 13.2 Å². The molecule has 3 aliphatic heterocycles. The van der Waals surface area contributed by atoms with E-state index in [2.05, 4.69) is 4.90 Å². The lowest BCUT2D eigenvalue weighted by atomic mass is 9.90. The molecule has 3 aliphatic rings. The van der Waals surface area contributed by atoms with Gasteiger partial charge in [0.05, 0.1) is 18.5 Å². The van der Waals surface area contributed by atoms with E-state index >= 15 is 0 Å². The highest BCUT2D eigenvalue weighted by atomic mass is 32.2. The SMILES string of the molecule is CC(C)OCCS(=O)(=O)N1C[C@@H]2CN3CCCC[C@H]3[C@@H]2C1. The predicted octanol–water partition coefficient (Wildman–Crippen LogP) is 1.16. The van der Waals surface area contributed by atoms with Gasteiger partial charge in [-0.15, -0.1) is 0 Å². The van der Waals surface area contributed by atoms with E-state index in [1.165, 1.54) is 25.8 Å². The first-order valence-electron chi connectivity index (χ1n) is 8.31. The van der Waals surface area contributed by atoms with Crippen molar-refractivity contribution in [3.63, 3.8) is 0 Å². The number of hydrogen-bond acceptors (Lipinski definition) is 4. The highest BCUT2D eigenvalue weighted by molar-refractivity contribution is 7.89. The normalized spacial score (nSPS) is 34.3. The minimum atomic E-state index is -3.15. The molecule has 3 atom stereocenters. The molecule has 0 bridgehead atoms. The quantitative estimate of drug-likeness (QED) is 0.764. The second-order valence-electron chi connectivity index (χ2n) is 7.03. The van der Waals surface area contributed by atoms with Gasteiger partial charge >= 0.3 is 0 Å². The summed E-state index contributed by atoms with van der Waals surface area (Å²) in [4.78, 5) is 2.60. The van der Waals surface area contributed by atoms with Crippen LogP contribution in [0, 0.1) is 11.8 Å². The molecule has 6 heteroatoms. The molecule has 0 unspecified atom stereocenters. The number of nitrogens with zero attached hydrogens (tertiary/aromatic N) is 2. The van der Waals surface area contributed by atoms with Crippen molar-refractivity contribution in [1.82, 2.24) is 9.21 Å². The van der Waals surface area contributed by atoms with E-state index in [1.807, 2.05) is 13.8 Å². The summed E-state index contributed by atoms with van der Waals surface area (Å²) in [7, 11) is -3.15. The van der Waals surface area contributed by atoms with Gasteiger partial charge in [0, 0.05) is 25.7 Å². The molecule has 3 saturated heterocycles. The van der Waals surface area contributed by atoms with E-state index in [0.29, 0.717) is 24.5 Å². The standard InChI is InChI=1S/C15H28N2O3S/c1-12(2)20-7-8-21(18,19)17-10-13-9-16-6-4-3-5-15(16)14(13)11-17/h12-15H,3-11H2,1-2H3/t13-,14+,15-/m0/s1. The summed E-state index contributed by atoms with van der Waals surface area (Å²) in [6.45, 7) is 7.95. The fourth-order valence-electron chi connectivity index (χ4n) is 4.26. The molecule has 3 rings (SSSR count). The Kier molecular flexibility index (Phi) is 4.60. The zero-order valence-corrected chi connectivity index (χ0v) is 14.0. The minimum absolute atomic E-state index is 0.0916. The Bertz CT molecular complexity index is 466. The van der Waals surface area contributed by atoms with Gasteiger partial charge in [0.15, 0.2) is 0 Å². The van der Waals surface area contributed by atoms with Crippen LogP contribution in [0.3, 0.4) is 0 Å². The minimum Gasteiger partial charge on any atom is -0.378 e. The molecule has 0 aliphatic carbocycles. The largest absolute Gasteiger partial charge is 0.378 e. The summed E-state index contributed by atoms with van der Waals surface area (Å²) in [5, 5.41) is 0. The molecule has 0 aromatic carbocycles. The van der Waals surface area contributed by atoms with Gasteiger partial charge in [-0.05, 0) is 45.1 Å². The van der Waals surface area contributed by atoms with Crippen molar-refractivity contribution in [2.75, 3.05) is 38.5 Å². The molecule has 3 fully saturated rings. The Hall–Kier alpha value is -0.170. The van der Waals surface area contributed by atoms with Crippen molar-refractivity contribution in [2.45, 2.75) is 45.3 Å². The first-order chi connectivity index (χ1) is 9.97. The number of ether oxygens (including phenoxy) is 1. The van der Waals surface area contributed by atoms with Gasteiger partial charge in [-0.2, -0.15) is 0 Å². The fraction of sp³-hybridized carbons (Fsp3) is 1.00. The van der Waals surface area contributed by atoms with Gasteiger partial charge < -0.3 is 4.74 Å². The second kappa shape index (κ2) is 6.14. The zero-order valence-electron chi connectivity index (χ0n) is 13.2. The van der Waals surface area contributed by atoms with E-state index in [1.54, 1.807) is 4.31 Å². The fourth-order valence-corrected chi connectivity index (χ4v) is 5.64. The summed E-state index contributed by atoms with van der Waals surface area (Å²) < 4.78 is 32.0. The third kappa shape index (κ3) is 3.28. The Morgan fingerprint density at radius 3 is 2.76 bits per heavy atom. The molecule has 0 aromatic heterocycles. The van der Waals surface area contributed by atoms with Crippen LogP contribution in [0.25, 0.3) is 0 Å². The van der Waals surface area contributed by atoms with Gasteiger partial charge in [-0.1, -0.05) is 6.42 Å². The van der Waals surface area contributed by atoms with E-state index < -0.39 is 10.0 Å². The van der Waals surface area contributed by atoms with Gasteiger partial charge in [0.25, 0.3) is 0 Å². The third-order valence-electron chi connectivity index (χ3n) is 5.27. The highest BCUT2D eigenvalue weighted by Crippen LogP contribution is 2.41. The third-order valence-corrected chi connectivity index (χ3v) is 7.04. The van der Waals surface area contributed by atoms with Crippen molar-refractivity contribution in [1.29, 1.82) is 0 Å². The first kappa shape index (κ1) is 15.7.